The van der Waals surface area contributed by atoms with Gasteiger partial charge in [-0.2, -0.15) is 0 Å². The van der Waals surface area contributed by atoms with Gasteiger partial charge in [0.15, 0.2) is 0 Å². The normalized spacial score (nSPS) is 14.6. The second-order valence-corrected chi connectivity index (χ2v) is 16.3. The Kier molecular flexibility index (Phi) is 46.0. The van der Waals surface area contributed by atoms with E-state index in [1.54, 1.807) is 0 Å². The Morgan fingerprint density at radius 1 is 0.484 bits per heavy atom. The Morgan fingerprint density at radius 2 is 0.855 bits per heavy atom. The molecule has 3 N–H and O–H groups in total. The van der Waals surface area contributed by atoms with E-state index in [9.17, 15) is 14.3 Å². The van der Waals surface area contributed by atoms with Crippen molar-refractivity contribution in [3.63, 3.8) is 0 Å². The molecule has 0 aromatic rings. The number of carbonyl (C=O) groups excluding carboxylic acids is 1. The third kappa shape index (κ3) is 47.7. The van der Waals surface area contributed by atoms with E-state index in [1.807, 2.05) is 0 Å². The highest BCUT2D eigenvalue weighted by Crippen LogP contribution is 2.43. The van der Waals surface area contributed by atoms with E-state index >= 15 is 0 Å². The number of unbranched alkanes of at least 4 members (excludes halogenated alkanes) is 8. The van der Waals surface area contributed by atoms with Crippen LogP contribution in [0, 0.1) is 0 Å². The predicted molar refractivity (Wildman–Crippen MR) is 265 cm³/mol. The van der Waals surface area contributed by atoms with E-state index in [4.69, 9.17) is 24.3 Å². The van der Waals surface area contributed by atoms with Gasteiger partial charge in [0.1, 0.15) is 6.10 Å². The number of hydrogen-bond donors (Lipinski definition) is 2. The van der Waals surface area contributed by atoms with Gasteiger partial charge < -0.3 is 20.1 Å². The van der Waals surface area contributed by atoms with Gasteiger partial charge in [-0.15, -0.1) is 0 Å². The first kappa shape index (κ1) is 58.6. The molecule has 0 amide bonds. The summed E-state index contributed by atoms with van der Waals surface area (Å²) in [6, 6.07) is 0. The molecule has 9 heteroatoms. The summed E-state index contributed by atoms with van der Waals surface area (Å²) in [7, 11) is -4.31. The van der Waals surface area contributed by atoms with Crippen molar-refractivity contribution < 1.29 is 32.8 Å². The molecule has 2 atom stereocenters. The lowest BCUT2D eigenvalue weighted by Crippen LogP contribution is -2.28. The lowest BCUT2D eigenvalue weighted by molar-refractivity contribution is -0.154. The number of esters is 1. The minimum Gasteiger partial charge on any atom is -0.457 e. The molecule has 0 saturated heterocycles. The Hall–Kier alpha value is -3.36. The molecule has 0 rings (SSSR count). The number of phosphoric acid groups is 1. The second kappa shape index (κ2) is 48.7. The van der Waals surface area contributed by atoms with Crippen LogP contribution in [-0.4, -0.2) is 49.9 Å². The fourth-order valence-electron chi connectivity index (χ4n) is 5.67. The van der Waals surface area contributed by atoms with Crippen molar-refractivity contribution >= 4 is 13.8 Å². The molecule has 0 aromatic carbocycles. The van der Waals surface area contributed by atoms with Crippen molar-refractivity contribution in [2.24, 2.45) is 5.73 Å². The maximum atomic E-state index is 12.6. The summed E-state index contributed by atoms with van der Waals surface area (Å²) in [5.74, 6) is -0.376. The van der Waals surface area contributed by atoms with Gasteiger partial charge in [-0.05, 0) is 109 Å². The quantitative estimate of drug-likeness (QED) is 0.0269. The SMILES string of the molecule is CC/C=C\C/C=C\C/C=C\C/C=C\C/C=C\C/C=C\C/C=C\CCCCCC(=O)OC(COCCCCCCC/C=C\C/C=C\C/C=C\C/C=C\CC)COP(=O)(O)OCCN. The summed E-state index contributed by atoms with van der Waals surface area (Å²) in [6.07, 6.45) is 69.0. The first-order valence-corrected chi connectivity index (χ1v) is 25.2. The summed E-state index contributed by atoms with van der Waals surface area (Å²) >= 11 is 0. The number of allylic oxidation sites excluding steroid dienone is 22. The van der Waals surface area contributed by atoms with Crippen molar-refractivity contribution in [1.82, 2.24) is 0 Å². The molecule has 8 nitrogen and oxygen atoms in total. The highest BCUT2D eigenvalue weighted by molar-refractivity contribution is 7.47. The molecule has 2 unspecified atom stereocenters. The number of carbonyl (C=O) groups is 1. The molecular weight excluding hydrogens is 794 g/mol. The van der Waals surface area contributed by atoms with Gasteiger partial charge in [0.2, 0.25) is 0 Å². The lowest BCUT2D eigenvalue weighted by atomic mass is 10.1. The van der Waals surface area contributed by atoms with Crippen LogP contribution in [0.15, 0.2) is 134 Å². The number of ether oxygens (including phenoxy) is 2. The van der Waals surface area contributed by atoms with E-state index in [0.29, 0.717) is 13.0 Å². The Labute approximate surface area is 378 Å². The largest absolute Gasteiger partial charge is 0.472 e. The van der Waals surface area contributed by atoms with Crippen molar-refractivity contribution in [3.05, 3.63) is 134 Å². The molecule has 0 aromatic heterocycles. The van der Waals surface area contributed by atoms with E-state index in [0.717, 1.165) is 116 Å². The third-order valence-electron chi connectivity index (χ3n) is 9.06. The van der Waals surface area contributed by atoms with Crippen molar-refractivity contribution in [3.8, 4) is 0 Å². The van der Waals surface area contributed by atoms with E-state index in [1.165, 1.54) is 12.8 Å². The van der Waals surface area contributed by atoms with Crippen LogP contribution >= 0.6 is 7.82 Å². The second-order valence-electron chi connectivity index (χ2n) is 14.9. The number of nitrogens with two attached hydrogens (primary N) is 1. The van der Waals surface area contributed by atoms with Gasteiger partial charge in [-0.1, -0.05) is 173 Å². The summed E-state index contributed by atoms with van der Waals surface area (Å²) < 4.78 is 33.5. The minimum atomic E-state index is -4.31. The topological polar surface area (TPSA) is 117 Å². The number of hydrogen-bond acceptors (Lipinski definition) is 7. The van der Waals surface area contributed by atoms with E-state index in [2.05, 4.69) is 148 Å². The number of rotatable bonds is 43. The van der Waals surface area contributed by atoms with Crippen LogP contribution in [0.3, 0.4) is 0 Å². The molecule has 62 heavy (non-hydrogen) atoms. The number of phosphoric ester groups is 1. The Morgan fingerprint density at radius 3 is 1.27 bits per heavy atom. The Balaban J connectivity index is 4.16. The highest BCUT2D eigenvalue weighted by atomic mass is 31.2. The van der Waals surface area contributed by atoms with Crippen LogP contribution in [0.4, 0.5) is 0 Å². The molecule has 0 fully saturated rings. The maximum Gasteiger partial charge on any atom is 0.472 e. The van der Waals surface area contributed by atoms with E-state index < -0.39 is 13.9 Å². The summed E-state index contributed by atoms with van der Waals surface area (Å²) in [5, 5.41) is 0. The average molecular weight is 880 g/mol. The molecule has 0 spiro atoms. The van der Waals surface area contributed by atoms with E-state index in [-0.39, 0.29) is 38.8 Å². The van der Waals surface area contributed by atoms with Crippen LogP contribution in [0.2, 0.25) is 0 Å². The van der Waals surface area contributed by atoms with Crippen molar-refractivity contribution in [2.45, 2.75) is 161 Å². The summed E-state index contributed by atoms with van der Waals surface area (Å²) in [4.78, 5) is 22.5. The zero-order valence-electron chi connectivity index (χ0n) is 38.8. The van der Waals surface area contributed by atoms with Gasteiger partial charge in [0.05, 0.1) is 19.8 Å². The zero-order chi connectivity index (χ0) is 45.1. The highest BCUT2D eigenvalue weighted by Gasteiger charge is 2.25. The summed E-state index contributed by atoms with van der Waals surface area (Å²) in [5.41, 5.74) is 5.38. The van der Waals surface area contributed by atoms with Gasteiger partial charge in [0.25, 0.3) is 0 Å². The molecule has 0 heterocycles. The smallest absolute Gasteiger partial charge is 0.457 e. The predicted octanol–water partition coefficient (Wildman–Crippen LogP) is 14.7. The zero-order valence-corrected chi connectivity index (χ0v) is 39.7. The lowest BCUT2D eigenvalue weighted by Gasteiger charge is -2.20. The van der Waals surface area contributed by atoms with Crippen molar-refractivity contribution in [1.29, 1.82) is 0 Å². The van der Waals surface area contributed by atoms with Crippen LogP contribution in [0.25, 0.3) is 0 Å². The fourth-order valence-corrected chi connectivity index (χ4v) is 6.44. The summed E-state index contributed by atoms with van der Waals surface area (Å²) in [6.45, 7) is 4.56. The monoisotopic (exact) mass is 880 g/mol. The first-order chi connectivity index (χ1) is 30.4. The standard InChI is InChI=1S/C53H86NO7P/c1-3-5-7-9-11-13-15-17-19-21-23-24-25-26-27-28-29-30-32-34-36-38-40-42-44-46-53(55)61-52(51-60-62(56,57)59-49-47-54)50-58-48-45-43-41-39-37-35-33-31-22-20-18-16-14-12-10-8-6-4-2/h5-8,11-14,17-20,23-24,26-27,29-31,33-34,36,52H,3-4,9-10,15-16,21-22,25,28,32,35,37-51,54H2,1-2H3,(H,56,57)/b7-5-,8-6-,13-11-,14-12-,19-17-,20-18-,24-23-,27-26-,30-29-,33-31-,36-34-. The van der Waals surface area contributed by atoms with Gasteiger partial charge in [-0.3, -0.25) is 13.8 Å². The maximum absolute atomic E-state index is 12.6. The van der Waals surface area contributed by atoms with Crippen LogP contribution < -0.4 is 5.73 Å². The van der Waals surface area contributed by atoms with Crippen molar-refractivity contribution in [2.75, 3.05) is 33.0 Å². The molecule has 0 radical (unpaired) electrons. The molecule has 0 aliphatic heterocycles. The molecule has 350 valence electrons. The first-order valence-electron chi connectivity index (χ1n) is 23.7. The van der Waals surface area contributed by atoms with Gasteiger partial charge in [-0.25, -0.2) is 4.57 Å². The molecule has 0 aliphatic rings. The third-order valence-corrected chi connectivity index (χ3v) is 10.0. The average Bonchev–Trinajstić information content (AvgIpc) is 3.26. The fraction of sp³-hybridized carbons (Fsp3) is 0.566. The molecule has 0 bridgehead atoms. The van der Waals surface area contributed by atoms with Crippen LogP contribution in [-0.2, 0) is 27.9 Å². The molecule has 0 aliphatic carbocycles. The van der Waals surface area contributed by atoms with Gasteiger partial charge in [0, 0.05) is 19.6 Å². The Bertz CT molecular complexity index is 1400. The minimum absolute atomic E-state index is 0.0794. The van der Waals surface area contributed by atoms with Crippen LogP contribution in [0.5, 0.6) is 0 Å². The van der Waals surface area contributed by atoms with Gasteiger partial charge >= 0.3 is 13.8 Å². The molecular formula is C53H86NO7P. The molecule has 0 saturated carbocycles. The van der Waals surface area contributed by atoms with Crippen LogP contribution in [0.1, 0.15) is 155 Å².